The zero-order chi connectivity index (χ0) is 61.5. The fraction of sp³-hybridized carbons (Fsp3) is 0.475. The Balaban J connectivity index is 1.16. The second kappa shape index (κ2) is 27.4. The van der Waals surface area contributed by atoms with Gasteiger partial charge in [0.1, 0.15) is 72.7 Å². The number of amides is 7. The Hall–Kier alpha value is -7.59. The summed E-state index contributed by atoms with van der Waals surface area (Å²) in [6.45, 7) is 9.42. The molecule has 84 heavy (non-hydrogen) atoms. The van der Waals surface area contributed by atoms with Crippen LogP contribution < -0.4 is 31.3 Å². The molecule has 3 fully saturated rings. The van der Waals surface area contributed by atoms with Crippen molar-refractivity contribution in [3.63, 3.8) is 0 Å². The molecule has 14 N–H and O–H groups in total. The summed E-state index contributed by atoms with van der Waals surface area (Å²) in [5.41, 5.74) is 3.00. The number of fused-ring (bicyclic) bond motifs is 2. The van der Waals surface area contributed by atoms with E-state index in [1.54, 1.807) is 12.1 Å². The van der Waals surface area contributed by atoms with E-state index in [2.05, 4.69) is 26.6 Å². The van der Waals surface area contributed by atoms with E-state index in [0.29, 0.717) is 24.5 Å². The lowest BCUT2D eigenvalue weighted by molar-refractivity contribution is -0.148. The zero-order valence-electron chi connectivity index (χ0n) is 47.2. The van der Waals surface area contributed by atoms with Crippen LogP contribution in [0.4, 0.5) is 0 Å². The van der Waals surface area contributed by atoms with E-state index in [1.165, 1.54) is 31.2 Å². The van der Waals surface area contributed by atoms with E-state index in [-0.39, 0.29) is 29.0 Å². The van der Waals surface area contributed by atoms with Gasteiger partial charge in [0.2, 0.25) is 35.4 Å². The molecule has 4 aromatic rings. The van der Waals surface area contributed by atoms with Gasteiger partial charge in [-0.1, -0.05) is 67.6 Å². The van der Waals surface area contributed by atoms with Crippen LogP contribution in [-0.4, -0.2) is 208 Å². The molecule has 0 radical (unpaired) electrons. The molecule has 4 aromatic carbocycles. The minimum Gasteiger partial charge on any atom is -0.508 e. The Kier molecular flexibility index (Phi) is 20.9. The second-order valence-corrected chi connectivity index (χ2v) is 22.5. The predicted molar refractivity (Wildman–Crippen MR) is 300 cm³/mol. The van der Waals surface area contributed by atoms with Crippen molar-refractivity contribution in [3.05, 3.63) is 108 Å². The van der Waals surface area contributed by atoms with Gasteiger partial charge >= 0.3 is 0 Å². The number of phenolic OH excluding ortho intramolecular Hbond substituents is 1. The molecule has 7 rings (SSSR count). The molecule has 0 saturated carbocycles. The third-order valence-corrected chi connectivity index (χ3v) is 14.9. The molecule has 3 saturated heterocycles. The van der Waals surface area contributed by atoms with Crippen molar-refractivity contribution in [3.8, 4) is 33.8 Å². The first kappa shape index (κ1) is 64.0. The molecule has 3 aliphatic heterocycles. The summed E-state index contributed by atoms with van der Waals surface area (Å²) < 4.78 is 11.5. The summed E-state index contributed by atoms with van der Waals surface area (Å²) in [5, 5.41) is 111. The average molecular weight is 1170 g/mol. The highest BCUT2D eigenvalue weighted by atomic mass is 16.5. The summed E-state index contributed by atoms with van der Waals surface area (Å²) in [4.78, 5) is 102. The highest BCUT2D eigenvalue weighted by molar-refractivity contribution is 6.00. The van der Waals surface area contributed by atoms with Gasteiger partial charge in [0.15, 0.2) is 6.23 Å². The van der Waals surface area contributed by atoms with Crippen LogP contribution in [0.3, 0.4) is 0 Å². The van der Waals surface area contributed by atoms with Crippen molar-refractivity contribution in [1.82, 2.24) is 36.4 Å². The number of rotatable bonds is 13. The second-order valence-electron chi connectivity index (χ2n) is 22.5. The molecule has 0 aliphatic carbocycles. The summed E-state index contributed by atoms with van der Waals surface area (Å²) in [6.07, 6.45) is -16.8. The van der Waals surface area contributed by atoms with Crippen LogP contribution in [0.25, 0.3) is 22.3 Å². The third kappa shape index (κ3) is 15.6. The predicted octanol–water partition coefficient (Wildman–Crippen LogP) is -1.30. The number of hydrogen-bond acceptors (Lipinski definition) is 18. The topological polar surface area (TPSA) is 387 Å². The first-order valence-electron chi connectivity index (χ1n) is 27.6. The maximum atomic E-state index is 14.5. The lowest BCUT2D eigenvalue weighted by Crippen LogP contribution is -2.64. The minimum atomic E-state index is -2.30. The Labute approximate surface area is 484 Å². The number of aromatic hydroxyl groups is 1. The molecule has 25 nitrogen and oxygen atoms in total. The maximum absolute atomic E-state index is 14.5. The number of aliphatic hydroxyl groups is 8. The van der Waals surface area contributed by atoms with E-state index in [9.17, 15) is 79.5 Å². The van der Waals surface area contributed by atoms with Crippen molar-refractivity contribution < 1.29 is 89.0 Å². The zero-order valence-corrected chi connectivity index (χ0v) is 47.2. The maximum Gasteiger partial charge on any atom is 0.251 e. The van der Waals surface area contributed by atoms with Gasteiger partial charge < -0.3 is 91.8 Å². The van der Waals surface area contributed by atoms with Crippen LogP contribution >= 0.6 is 0 Å². The molecule has 3 aliphatic rings. The van der Waals surface area contributed by atoms with Crippen molar-refractivity contribution >= 4 is 41.4 Å². The summed E-state index contributed by atoms with van der Waals surface area (Å²) in [5.74, 6) is -8.80. The Morgan fingerprint density at radius 3 is 1.69 bits per heavy atom. The largest absolute Gasteiger partial charge is 0.508 e. The van der Waals surface area contributed by atoms with Gasteiger partial charge in [0.05, 0.1) is 36.6 Å². The molecular weight excluding hydrogens is 1090 g/mol. The smallest absolute Gasteiger partial charge is 0.251 e. The van der Waals surface area contributed by atoms with Crippen LogP contribution in [-0.2, 0) is 33.5 Å². The van der Waals surface area contributed by atoms with Crippen LogP contribution in [0, 0.1) is 5.92 Å². The highest BCUT2D eigenvalue weighted by Gasteiger charge is 2.50. The first-order chi connectivity index (χ1) is 39.6. The van der Waals surface area contributed by atoms with E-state index in [0.717, 1.165) is 52.5 Å². The van der Waals surface area contributed by atoms with Gasteiger partial charge in [-0.25, -0.2) is 0 Å². The Morgan fingerprint density at radius 2 is 1.14 bits per heavy atom. The van der Waals surface area contributed by atoms with Crippen LogP contribution in [0.5, 0.6) is 11.5 Å². The summed E-state index contributed by atoms with van der Waals surface area (Å²) in [6, 6.07) is 14.4. The van der Waals surface area contributed by atoms with E-state index < -0.39 is 152 Å². The average Bonchev–Trinajstić information content (AvgIpc) is 3.10. The fourth-order valence-corrected chi connectivity index (χ4v) is 10.2. The van der Waals surface area contributed by atoms with Gasteiger partial charge in [-0.15, -0.1) is 0 Å². The fourth-order valence-electron chi connectivity index (χ4n) is 10.2. The lowest BCUT2D eigenvalue weighted by Gasteiger charge is -2.34. The van der Waals surface area contributed by atoms with Crippen molar-refractivity contribution in [2.45, 2.75) is 145 Å². The van der Waals surface area contributed by atoms with Crippen molar-refractivity contribution in [1.29, 1.82) is 0 Å². The van der Waals surface area contributed by atoms with Crippen LogP contribution in [0.1, 0.15) is 76.4 Å². The molecule has 0 spiro atoms. The SMILES string of the molecule is C[C@@H](O)[C@@H]1NC(=O)[C@H]([C@H](O)[C@@H](O)c2ccc(O)cc2)NC(=O)[C@@H]2C[C@@H](O)CN2C(=O)[C@H]([C@@H](C)O)NC(=O)[C@@H](NC(=O)c2ccc(-c3ccc(-c4ccc(OCCOC(C)(C)C)cc4)cc3)cc2)C[C@@H](O)[C@@H](O)NC(=O)[C@@H]2[C@@H](O)[C@@H](C)CN2C1=O. The normalized spacial score (nSPS) is 27.4. The van der Waals surface area contributed by atoms with E-state index in [1.807, 2.05) is 69.3 Å². The van der Waals surface area contributed by atoms with E-state index in [4.69, 9.17) is 9.47 Å². The molecule has 3 heterocycles. The molecule has 15 atom stereocenters. The molecular formula is C59H75N7O18. The van der Waals surface area contributed by atoms with Gasteiger partial charge in [0, 0.05) is 37.4 Å². The summed E-state index contributed by atoms with van der Waals surface area (Å²) >= 11 is 0. The lowest BCUT2D eigenvalue weighted by atomic mass is 9.96. The number of nitrogens with zero attached hydrogens (tertiary/aromatic N) is 2. The number of carbonyl (C=O) groups is 7. The Bertz CT molecular complexity index is 2960. The summed E-state index contributed by atoms with van der Waals surface area (Å²) in [7, 11) is 0. The number of phenols is 1. The number of nitrogens with one attached hydrogen (secondary N) is 5. The van der Waals surface area contributed by atoms with Crippen molar-refractivity contribution in [2.24, 2.45) is 5.92 Å². The molecule has 25 heteroatoms. The molecule has 7 amide bonds. The van der Waals surface area contributed by atoms with Crippen molar-refractivity contribution in [2.75, 3.05) is 26.3 Å². The Morgan fingerprint density at radius 1 is 0.631 bits per heavy atom. The number of aliphatic hydroxyl groups excluding tert-OH is 8. The van der Waals surface area contributed by atoms with Gasteiger partial charge in [-0.05, 0) is 98.8 Å². The molecule has 0 aromatic heterocycles. The number of carbonyl (C=O) groups excluding carboxylic acids is 7. The van der Waals surface area contributed by atoms with Crippen LogP contribution in [0.2, 0.25) is 0 Å². The molecule has 0 unspecified atom stereocenters. The van der Waals surface area contributed by atoms with Gasteiger partial charge in [-0.2, -0.15) is 0 Å². The van der Waals surface area contributed by atoms with Crippen LogP contribution in [0.15, 0.2) is 97.1 Å². The van der Waals surface area contributed by atoms with E-state index >= 15 is 0 Å². The van der Waals surface area contributed by atoms with Gasteiger partial charge in [-0.3, -0.25) is 33.6 Å². The third-order valence-electron chi connectivity index (χ3n) is 14.9. The quantitative estimate of drug-likeness (QED) is 0.0692. The highest BCUT2D eigenvalue weighted by Crippen LogP contribution is 2.30. The monoisotopic (exact) mass is 1170 g/mol. The number of ether oxygens (including phenoxy) is 2. The first-order valence-corrected chi connectivity index (χ1v) is 27.6. The molecule has 0 bridgehead atoms. The van der Waals surface area contributed by atoms with Gasteiger partial charge in [0.25, 0.3) is 5.91 Å². The minimum absolute atomic E-state index is 0.000729. The molecule has 454 valence electrons. The number of benzene rings is 4. The standard InChI is InChI=1S/C59H75N7O18/c1-29-27-66-47(48(29)72)56(80)64-54(78)43(71)26-41(60-51(75)37-13-11-34(12-14-37)32-7-9-33(10-8-32)35-17-21-40(22-18-35)83-23-24-84-59(4,5)6)52(76)61-44(30(2)67)57(81)65-28-39(70)25-42(65)53(77)63-46(55(79)62-45(31(3)68)58(66)82)50(74)49(73)36-15-19-38(69)20-16-36/h7-22,29-31,39,41-50,54,67-74,78H,23-28H2,1-6H3,(H,60,75)(H,61,76)(H,62,79)(H,63,77)(H,64,80)/t29-,30+,31+,39+,41-,42-,43+,44-,45-,46-,47-,48-,49-,50-,54+/m0/s1. The number of hydrogen-bond donors (Lipinski definition) is 14.